The van der Waals surface area contributed by atoms with Gasteiger partial charge in [0.1, 0.15) is 4.88 Å². The topological polar surface area (TPSA) is 52.1 Å². The minimum atomic E-state index is -0.659. The van der Waals surface area contributed by atoms with Crippen LogP contribution in [0.4, 0.5) is 4.39 Å². The first-order valence-electron chi connectivity index (χ1n) is 4.81. The van der Waals surface area contributed by atoms with E-state index in [1.165, 1.54) is 19.2 Å². The summed E-state index contributed by atoms with van der Waals surface area (Å²) in [7, 11) is 1.35. The van der Waals surface area contributed by atoms with Crippen LogP contribution in [-0.2, 0) is 0 Å². The summed E-state index contributed by atoms with van der Waals surface area (Å²) in [4.78, 5) is 12.4. The van der Waals surface area contributed by atoms with Gasteiger partial charge in [-0.15, -0.1) is 5.10 Å². The highest BCUT2D eigenvalue weighted by Crippen LogP contribution is 2.24. The van der Waals surface area contributed by atoms with Gasteiger partial charge in [-0.2, -0.15) is 0 Å². The number of hydrogen-bond acceptors (Lipinski definition) is 5. The molecule has 0 fully saturated rings. The monoisotopic (exact) mass is 252 g/mol. The molecule has 0 radical (unpaired) electrons. The summed E-state index contributed by atoms with van der Waals surface area (Å²) in [6.07, 6.45) is 0. The second kappa shape index (κ2) is 4.58. The van der Waals surface area contributed by atoms with Crippen molar-refractivity contribution in [3.63, 3.8) is 0 Å². The second-order valence-corrected chi connectivity index (χ2v) is 4.09. The number of nitrogens with zero attached hydrogens (tertiary/aromatic N) is 2. The van der Waals surface area contributed by atoms with Crippen LogP contribution in [0.15, 0.2) is 18.2 Å². The molecule has 17 heavy (non-hydrogen) atoms. The average molecular weight is 252 g/mol. The SMILES string of the molecule is COc1cccc(C(=O)c2snnc2C)c1F. The Labute approximate surface area is 101 Å². The van der Waals surface area contributed by atoms with Crippen molar-refractivity contribution in [3.8, 4) is 5.75 Å². The lowest BCUT2D eigenvalue weighted by Crippen LogP contribution is -2.05. The molecule has 1 aromatic heterocycles. The van der Waals surface area contributed by atoms with E-state index in [9.17, 15) is 9.18 Å². The molecule has 6 heteroatoms. The van der Waals surface area contributed by atoms with Crippen LogP contribution in [0.2, 0.25) is 0 Å². The lowest BCUT2D eigenvalue weighted by Gasteiger charge is -2.05. The maximum absolute atomic E-state index is 13.9. The number of aryl methyl sites for hydroxylation is 1. The van der Waals surface area contributed by atoms with E-state index in [1.807, 2.05) is 0 Å². The molecule has 2 aromatic rings. The third-order valence-electron chi connectivity index (χ3n) is 2.29. The summed E-state index contributed by atoms with van der Waals surface area (Å²) < 4.78 is 22.4. The van der Waals surface area contributed by atoms with E-state index >= 15 is 0 Å². The number of carbonyl (C=O) groups is 1. The molecule has 0 bridgehead atoms. The lowest BCUT2D eigenvalue weighted by molar-refractivity contribution is 0.103. The van der Waals surface area contributed by atoms with Crippen LogP contribution in [-0.4, -0.2) is 22.5 Å². The van der Waals surface area contributed by atoms with E-state index in [4.69, 9.17) is 4.74 Å². The number of ether oxygens (including phenoxy) is 1. The van der Waals surface area contributed by atoms with Crippen molar-refractivity contribution in [2.24, 2.45) is 0 Å². The molecule has 4 nitrogen and oxygen atoms in total. The van der Waals surface area contributed by atoms with Gasteiger partial charge in [0.05, 0.1) is 18.4 Å². The van der Waals surface area contributed by atoms with Gasteiger partial charge in [-0.1, -0.05) is 10.6 Å². The maximum Gasteiger partial charge on any atom is 0.209 e. The Morgan fingerprint density at radius 1 is 1.47 bits per heavy atom. The molecule has 0 saturated heterocycles. The average Bonchev–Trinajstić information content (AvgIpc) is 2.75. The van der Waals surface area contributed by atoms with Crippen molar-refractivity contribution in [2.45, 2.75) is 6.92 Å². The Morgan fingerprint density at radius 2 is 2.24 bits per heavy atom. The van der Waals surface area contributed by atoms with Gasteiger partial charge in [0.25, 0.3) is 0 Å². The van der Waals surface area contributed by atoms with Crippen LogP contribution in [0.3, 0.4) is 0 Å². The summed E-state index contributed by atoms with van der Waals surface area (Å²) in [5.41, 5.74) is 0.473. The molecule has 0 N–H and O–H groups in total. The van der Waals surface area contributed by atoms with Crippen LogP contribution in [0, 0.1) is 12.7 Å². The fraction of sp³-hybridized carbons (Fsp3) is 0.182. The molecule has 0 aliphatic carbocycles. The van der Waals surface area contributed by atoms with E-state index in [1.54, 1.807) is 13.0 Å². The molecular formula is C11H9FN2O2S. The van der Waals surface area contributed by atoms with Crippen LogP contribution < -0.4 is 4.74 Å². The lowest BCUT2D eigenvalue weighted by atomic mass is 10.1. The largest absolute Gasteiger partial charge is 0.494 e. The highest BCUT2D eigenvalue weighted by molar-refractivity contribution is 7.08. The van der Waals surface area contributed by atoms with Crippen LogP contribution >= 0.6 is 11.5 Å². The van der Waals surface area contributed by atoms with E-state index in [2.05, 4.69) is 9.59 Å². The maximum atomic E-state index is 13.9. The summed E-state index contributed by atoms with van der Waals surface area (Å²) in [5, 5.41) is 3.73. The summed E-state index contributed by atoms with van der Waals surface area (Å²) in [5.74, 6) is -1.03. The van der Waals surface area contributed by atoms with E-state index in [0.717, 1.165) is 11.5 Å². The predicted octanol–water partition coefficient (Wildman–Crippen LogP) is 2.23. The van der Waals surface area contributed by atoms with Crippen LogP contribution in [0.1, 0.15) is 20.9 Å². The number of rotatable bonds is 3. The van der Waals surface area contributed by atoms with Gasteiger partial charge >= 0.3 is 0 Å². The van der Waals surface area contributed by atoms with E-state index in [0.29, 0.717) is 10.6 Å². The number of halogens is 1. The second-order valence-electron chi connectivity index (χ2n) is 3.34. The van der Waals surface area contributed by atoms with Crippen LogP contribution in [0.5, 0.6) is 5.75 Å². The highest BCUT2D eigenvalue weighted by atomic mass is 32.1. The zero-order valence-electron chi connectivity index (χ0n) is 9.23. The molecule has 0 aliphatic rings. The number of benzene rings is 1. The third-order valence-corrected chi connectivity index (χ3v) is 3.11. The van der Waals surface area contributed by atoms with E-state index < -0.39 is 11.6 Å². The molecule has 0 saturated carbocycles. The molecule has 1 heterocycles. The Morgan fingerprint density at radius 3 is 2.82 bits per heavy atom. The van der Waals surface area contributed by atoms with Crippen molar-refractivity contribution >= 4 is 17.3 Å². The molecule has 1 aromatic carbocycles. The Balaban J connectivity index is 2.48. The van der Waals surface area contributed by atoms with Crippen molar-refractivity contribution in [1.82, 2.24) is 9.59 Å². The minimum Gasteiger partial charge on any atom is -0.494 e. The summed E-state index contributed by atoms with van der Waals surface area (Å²) in [6.45, 7) is 1.66. The standard InChI is InChI=1S/C11H9FN2O2S/c1-6-11(17-14-13-6)10(15)7-4-3-5-8(16-2)9(7)12/h3-5H,1-2H3. The first-order valence-corrected chi connectivity index (χ1v) is 5.58. The quantitative estimate of drug-likeness (QED) is 0.786. The van der Waals surface area contributed by atoms with Gasteiger partial charge in [0.15, 0.2) is 11.6 Å². The molecule has 0 atom stereocenters. The molecule has 88 valence electrons. The van der Waals surface area contributed by atoms with Gasteiger partial charge in [-0.3, -0.25) is 4.79 Å². The minimum absolute atomic E-state index is 0.0292. The first kappa shape index (κ1) is 11.7. The highest BCUT2D eigenvalue weighted by Gasteiger charge is 2.20. The van der Waals surface area contributed by atoms with Crippen LogP contribution in [0.25, 0.3) is 0 Å². The molecular weight excluding hydrogens is 243 g/mol. The molecule has 0 spiro atoms. The number of carbonyl (C=O) groups excluding carboxylic acids is 1. The molecule has 0 aliphatic heterocycles. The normalized spacial score (nSPS) is 10.3. The van der Waals surface area contributed by atoms with Crippen molar-refractivity contribution < 1.29 is 13.9 Å². The van der Waals surface area contributed by atoms with Crippen molar-refractivity contribution in [1.29, 1.82) is 0 Å². The fourth-order valence-corrected chi connectivity index (χ4v) is 2.02. The zero-order chi connectivity index (χ0) is 12.4. The molecule has 0 unspecified atom stereocenters. The molecule has 0 amide bonds. The third kappa shape index (κ3) is 2.03. The fourth-order valence-electron chi connectivity index (χ4n) is 1.41. The van der Waals surface area contributed by atoms with Gasteiger partial charge in [0, 0.05) is 0 Å². The van der Waals surface area contributed by atoms with Gasteiger partial charge in [-0.25, -0.2) is 4.39 Å². The predicted molar refractivity (Wildman–Crippen MR) is 61.0 cm³/mol. The molecule has 2 rings (SSSR count). The van der Waals surface area contributed by atoms with Crippen molar-refractivity contribution in [3.05, 3.63) is 40.2 Å². The van der Waals surface area contributed by atoms with Gasteiger partial charge in [-0.05, 0) is 30.6 Å². The van der Waals surface area contributed by atoms with E-state index in [-0.39, 0.29) is 11.3 Å². The Kier molecular flexibility index (Phi) is 3.14. The summed E-state index contributed by atoms with van der Waals surface area (Å²) in [6, 6.07) is 4.45. The number of aromatic nitrogens is 2. The zero-order valence-corrected chi connectivity index (χ0v) is 10.0. The number of hydrogen-bond donors (Lipinski definition) is 0. The Hall–Kier alpha value is -1.82. The number of ketones is 1. The Bertz CT molecular complexity index is 568. The van der Waals surface area contributed by atoms with Crippen molar-refractivity contribution in [2.75, 3.05) is 7.11 Å². The summed E-state index contributed by atoms with van der Waals surface area (Å²) >= 11 is 0.957. The van der Waals surface area contributed by atoms with Gasteiger partial charge in [0.2, 0.25) is 5.78 Å². The first-order chi connectivity index (χ1) is 8.15. The number of methoxy groups -OCH3 is 1. The van der Waals surface area contributed by atoms with Gasteiger partial charge < -0.3 is 4.74 Å². The smallest absolute Gasteiger partial charge is 0.209 e.